The summed E-state index contributed by atoms with van der Waals surface area (Å²) in [5.41, 5.74) is 0. The molecule has 0 radical (unpaired) electrons. The van der Waals surface area contributed by atoms with E-state index in [-0.39, 0.29) is 18.6 Å². The number of rotatable bonds is 8. The van der Waals surface area contributed by atoms with Gasteiger partial charge in [0.2, 0.25) is 0 Å². The zero-order valence-corrected chi connectivity index (χ0v) is 19.5. The van der Waals surface area contributed by atoms with Gasteiger partial charge in [-0.1, -0.05) is 13.8 Å². The maximum atomic E-state index is 10.1. The van der Waals surface area contributed by atoms with E-state index in [4.69, 9.17) is 11.6 Å². The minimum atomic E-state index is -0.238. The molecule has 0 aromatic rings. The Bertz CT molecular complexity index is 462. The number of piperidine rings is 1. The van der Waals surface area contributed by atoms with Crippen LogP contribution in [0, 0.1) is 29.6 Å². The molecule has 0 aromatic carbocycles. The van der Waals surface area contributed by atoms with E-state index in [0.717, 1.165) is 44.2 Å². The molecule has 1 aliphatic heterocycles. The highest BCUT2D eigenvalue weighted by atomic mass is 35.5. The first kappa shape index (κ1) is 23.8. The molecule has 29 heavy (non-hydrogen) atoms. The molecule has 4 atom stereocenters. The summed E-state index contributed by atoms with van der Waals surface area (Å²) in [6.07, 6.45) is 10.3. The van der Waals surface area contributed by atoms with Gasteiger partial charge in [-0.15, -0.1) is 11.6 Å². The molecule has 0 amide bonds. The van der Waals surface area contributed by atoms with Crippen LogP contribution < -0.4 is 5.32 Å². The van der Waals surface area contributed by atoms with Gasteiger partial charge in [0, 0.05) is 24.6 Å². The number of alkyl halides is 1. The van der Waals surface area contributed by atoms with Crippen LogP contribution in [0.1, 0.15) is 71.6 Å². The first-order valence-electron chi connectivity index (χ1n) is 12.3. The lowest BCUT2D eigenvalue weighted by molar-refractivity contribution is 0.0449. The molecule has 2 aliphatic carbocycles. The minimum absolute atomic E-state index is 0.211. The SMILES string of the molecule is CC(C)[C@H](CN1CCC(C2CCC(Cl)CC2)CC1)NCC1CC(O)CC(CO)C1. The Kier molecular flexibility index (Phi) is 9.57. The van der Waals surface area contributed by atoms with Crippen molar-refractivity contribution in [2.45, 2.75) is 89.2 Å². The van der Waals surface area contributed by atoms with Gasteiger partial charge in [-0.05, 0) is 107 Å². The van der Waals surface area contributed by atoms with Crippen molar-refractivity contribution in [3.63, 3.8) is 0 Å². The van der Waals surface area contributed by atoms with Crippen LogP contribution in [0.3, 0.4) is 0 Å². The Hall–Kier alpha value is 0.130. The summed E-state index contributed by atoms with van der Waals surface area (Å²) in [5, 5.41) is 23.9. The molecule has 2 saturated carbocycles. The molecule has 3 unspecified atom stereocenters. The molecular formula is C24H45ClN2O2. The maximum absolute atomic E-state index is 10.1. The van der Waals surface area contributed by atoms with Gasteiger partial charge in [0.15, 0.2) is 0 Å². The van der Waals surface area contributed by atoms with E-state index >= 15 is 0 Å². The Morgan fingerprint density at radius 1 is 0.931 bits per heavy atom. The van der Waals surface area contributed by atoms with E-state index in [0.29, 0.717) is 23.3 Å². The zero-order chi connectivity index (χ0) is 20.8. The molecule has 5 heteroatoms. The quantitative estimate of drug-likeness (QED) is 0.513. The van der Waals surface area contributed by atoms with Crippen molar-refractivity contribution in [1.82, 2.24) is 10.2 Å². The fourth-order valence-corrected chi connectivity index (χ4v) is 6.36. The third-order valence-corrected chi connectivity index (χ3v) is 8.50. The van der Waals surface area contributed by atoms with Gasteiger partial charge < -0.3 is 20.4 Å². The van der Waals surface area contributed by atoms with Crippen molar-refractivity contribution in [3.8, 4) is 0 Å². The lowest BCUT2D eigenvalue weighted by Crippen LogP contribution is -2.49. The Balaban J connectivity index is 1.40. The van der Waals surface area contributed by atoms with E-state index in [2.05, 4.69) is 24.1 Å². The largest absolute Gasteiger partial charge is 0.396 e. The highest BCUT2D eigenvalue weighted by Crippen LogP contribution is 2.37. The van der Waals surface area contributed by atoms with Crippen molar-refractivity contribution in [2.75, 3.05) is 32.8 Å². The molecule has 3 rings (SSSR count). The van der Waals surface area contributed by atoms with Crippen molar-refractivity contribution in [2.24, 2.45) is 29.6 Å². The van der Waals surface area contributed by atoms with Gasteiger partial charge in [0.25, 0.3) is 0 Å². The van der Waals surface area contributed by atoms with Crippen LogP contribution in [-0.2, 0) is 0 Å². The van der Waals surface area contributed by atoms with Crippen molar-refractivity contribution in [1.29, 1.82) is 0 Å². The summed E-state index contributed by atoms with van der Waals surface area (Å²) >= 11 is 6.30. The standard InChI is InChI=1S/C24H45ClN2O2/c1-17(2)24(26-14-18-11-19(16-28)13-23(29)12-18)15-27-9-7-21(8-10-27)20-3-5-22(25)6-4-20/h17-24,26,28-29H,3-16H2,1-2H3/t18?,19?,20?,22?,23?,24-/m0/s1. The average Bonchev–Trinajstić information content (AvgIpc) is 2.71. The second-order valence-corrected chi connectivity index (χ2v) is 11.3. The highest BCUT2D eigenvalue weighted by Gasteiger charge is 2.31. The molecule has 1 heterocycles. The smallest absolute Gasteiger partial charge is 0.0546 e. The van der Waals surface area contributed by atoms with Crippen molar-refractivity contribution >= 4 is 11.6 Å². The fourth-order valence-electron chi connectivity index (χ4n) is 6.11. The number of nitrogens with zero attached hydrogens (tertiary/aromatic N) is 1. The molecular weight excluding hydrogens is 384 g/mol. The molecule has 3 aliphatic rings. The molecule has 170 valence electrons. The van der Waals surface area contributed by atoms with Crippen LogP contribution in [0.4, 0.5) is 0 Å². The second-order valence-electron chi connectivity index (χ2n) is 10.7. The van der Waals surface area contributed by atoms with Gasteiger partial charge in [-0.2, -0.15) is 0 Å². The number of aliphatic hydroxyl groups excluding tert-OH is 2. The summed E-state index contributed by atoms with van der Waals surface area (Å²) in [4.78, 5) is 2.67. The van der Waals surface area contributed by atoms with Crippen LogP contribution >= 0.6 is 11.6 Å². The van der Waals surface area contributed by atoms with E-state index in [9.17, 15) is 10.2 Å². The molecule has 1 saturated heterocycles. The topological polar surface area (TPSA) is 55.7 Å². The van der Waals surface area contributed by atoms with Gasteiger partial charge in [-0.25, -0.2) is 0 Å². The summed E-state index contributed by atoms with van der Waals surface area (Å²) < 4.78 is 0. The number of nitrogens with one attached hydrogen (secondary N) is 1. The second kappa shape index (κ2) is 11.7. The Labute approximate surface area is 183 Å². The number of aliphatic hydroxyl groups is 2. The third kappa shape index (κ3) is 7.35. The molecule has 3 fully saturated rings. The maximum Gasteiger partial charge on any atom is 0.0546 e. The molecule has 0 spiro atoms. The summed E-state index contributed by atoms with van der Waals surface area (Å²) in [7, 11) is 0. The monoisotopic (exact) mass is 428 g/mol. The molecule has 0 bridgehead atoms. The molecule has 0 aromatic heterocycles. The van der Waals surface area contributed by atoms with Crippen LogP contribution in [0.15, 0.2) is 0 Å². The van der Waals surface area contributed by atoms with Crippen LogP contribution in [-0.4, -0.2) is 65.4 Å². The first-order valence-corrected chi connectivity index (χ1v) is 12.8. The van der Waals surface area contributed by atoms with Crippen LogP contribution in [0.2, 0.25) is 0 Å². The Morgan fingerprint density at radius 2 is 1.55 bits per heavy atom. The van der Waals surface area contributed by atoms with E-state index in [1.807, 2.05) is 0 Å². The van der Waals surface area contributed by atoms with Crippen molar-refractivity contribution < 1.29 is 10.2 Å². The summed E-state index contributed by atoms with van der Waals surface area (Å²) in [6.45, 7) is 9.44. The average molecular weight is 429 g/mol. The van der Waals surface area contributed by atoms with E-state index in [1.165, 1.54) is 51.6 Å². The predicted molar refractivity (Wildman–Crippen MR) is 121 cm³/mol. The fraction of sp³-hybridized carbons (Fsp3) is 1.00. The van der Waals surface area contributed by atoms with Gasteiger partial charge in [0.05, 0.1) is 6.10 Å². The normalized spacial score (nSPS) is 36.4. The number of hydrogen-bond acceptors (Lipinski definition) is 4. The van der Waals surface area contributed by atoms with Crippen molar-refractivity contribution in [3.05, 3.63) is 0 Å². The summed E-state index contributed by atoms with van der Waals surface area (Å²) in [6, 6.07) is 0.505. The lowest BCUT2D eigenvalue weighted by atomic mass is 9.75. The van der Waals surface area contributed by atoms with Crippen LogP contribution in [0.5, 0.6) is 0 Å². The highest BCUT2D eigenvalue weighted by molar-refractivity contribution is 6.20. The summed E-state index contributed by atoms with van der Waals surface area (Å²) in [5.74, 6) is 3.20. The predicted octanol–water partition coefficient (Wildman–Crippen LogP) is 3.88. The van der Waals surface area contributed by atoms with E-state index in [1.54, 1.807) is 0 Å². The number of likely N-dealkylation sites (tertiary alicyclic amines) is 1. The number of halogens is 1. The van der Waals surface area contributed by atoms with Gasteiger partial charge >= 0.3 is 0 Å². The molecule has 3 N–H and O–H groups in total. The Morgan fingerprint density at radius 3 is 2.17 bits per heavy atom. The minimum Gasteiger partial charge on any atom is -0.396 e. The third-order valence-electron chi connectivity index (χ3n) is 8.06. The first-order chi connectivity index (χ1) is 13.9. The molecule has 4 nitrogen and oxygen atoms in total. The zero-order valence-electron chi connectivity index (χ0n) is 18.7. The van der Waals surface area contributed by atoms with Gasteiger partial charge in [-0.3, -0.25) is 0 Å². The number of hydrogen-bond donors (Lipinski definition) is 3. The van der Waals surface area contributed by atoms with Gasteiger partial charge in [0.1, 0.15) is 0 Å². The van der Waals surface area contributed by atoms with Crippen LogP contribution in [0.25, 0.3) is 0 Å². The van der Waals surface area contributed by atoms with E-state index < -0.39 is 0 Å². The lowest BCUT2D eigenvalue weighted by Gasteiger charge is -2.40.